The van der Waals surface area contributed by atoms with Gasteiger partial charge in [-0.25, -0.2) is 8.42 Å². The van der Waals surface area contributed by atoms with Crippen LogP contribution in [0.25, 0.3) is 0 Å². The number of sulfonamides is 1. The van der Waals surface area contributed by atoms with E-state index < -0.39 is 10.0 Å². The average Bonchev–Trinajstić information content (AvgIpc) is 2.74. The highest BCUT2D eigenvalue weighted by atomic mass is 32.2. The first-order valence-corrected chi connectivity index (χ1v) is 12.1. The number of quaternary nitrogens is 1. The van der Waals surface area contributed by atoms with Crippen molar-refractivity contribution in [1.82, 2.24) is 4.31 Å². The molecule has 2 aliphatic heterocycles. The lowest BCUT2D eigenvalue weighted by atomic mass is 10.0. The first-order chi connectivity index (χ1) is 14.3. The van der Waals surface area contributed by atoms with Gasteiger partial charge >= 0.3 is 0 Å². The van der Waals surface area contributed by atoms with E-state index in [2.05, 4.69) is 43.4 Å². The van der Waals surface area contributed by atoms with Crippen molar-refractivity contribution in [2.45, 2.75) is 44.0 Å². The van der Waals surface area contributed by atoms with Crippen LogP contribution in [-0.4, -0.2) is 44.8 Å². The SMILES string of the molecule is CC(C)c1ccc(C[NH+]2CCN(S(=O)(=O)c3ccc4c(c3)CCC(=O)N4)CC2)cc1. The normalized spacial score (nSPS) is 18.3. The number of amides is 1. The molecule has 2 aliphatic rings. The Morgan fingerprint density at radius 1 is 1.03 bits per heavy atom. The summed E-state index contributed by atoms with van der Waals surface area (Å²) in [4.78, 5) is 13.3. The van der Waals surface area contributed by atoms with Gasteiger partial charge in [-0.15, -0.1) is 0 Å². The van der Waals surface area contributed by atoms with Gasteiger partial charge in [-0.1, -0.05) is 38.1 Å². The summed E-state index contributed by atoms with van der Waals surface area (Å²) in [5.41, 5.74) is 4.25. The number of benzene rings is 2. The predicted octanol–water partition coefficient (Wildman–Crippen LogP) is 1.78. The fourth-order valence-electron chi connectivity index (χ4n) is 4.20. The maximum atomic E-state index is 13.1. The number of hydrogen-bond donors (Lipinski definition) is 2. The molecule has 1 amide bonds. The van der Waals surface area contributed by atoms with Crippen LogP contribution in [0.5, 0.6) is 0 Å². The molecule has 160 valence electrons. The quantitative estimate of drug-likeness (QED) is 0.763. The topological polar surface area (TPSA) is 70.9 Å². The lowest BCUT2D eigenvalue weighted by Gasteiger charge is -2.32. The summed E-state index contributed by atoms with van der Waals surface area (Å²) in [7, 11) is -3.51. The Morgan fingerprint density at radius 2 is 1.73 bits per heavy atom. The average molecular weight is 429 g/mol. The second-order valence-electron chi connectivity index (χ2n) is 8.59. The Labute approximate surface area is 178 Å². The summed E-state index contributed by atoms with van der Waals surface area (Å²) in [5.74, 6) is 0.510. The summed E-state index contributed by atoms with van der Waals surface area (Å²) in [5, 5.41) is 2.81. The van der Waals surface area contributed by atoms with Crippen LogP contribution in [-0.2, 0) is 27.8 Å². The van der Waals surface area contributed by atoms with Gasteiger partial charge in [0.2, 0.25) is 15.9 Å². The molecule has 0 atom stereocenters. The van der Waals surface area contributed by atoms with Gasteiger partial charge in [-0.05, 0) is 41.7 Å². The van der Waals surface area contributed by atoms with Crippen molar-refractivity contribution in [3.05, 3.63) is 59.2 Å². The number of hydrogen-bond acceptors (Lipinski definition) is 3. The Balaban J connectivity index is 1.39. The molecule has 0 saturated carbocycles. The standard InChI is InChI=1S/C23H29N3O3S/c1-17(2)19-5-3-18(4-6-19)16-25-11-13-26(14-12-25)30(28,29)21-8-9-22-20(15-21)7-10-23(27)24-22/h3-6,8-9,15,17H,7,10-14,16H2,1-2H3,(H,24,27)/p+1. The van der Waals surface area contributed by atoms with Gasteiger partial charge in [0.15, 0.2) is 0 Å². The smallest absolute Gasteiger partial charge is 0.243 e. The van der Waals surface area contributed by atoms with Gasteiger partial charge in [0, 0.05) is 17.7 Å². The summed E-state index contributed by atoms with van der Waals surface area (Å²) >= 11 is 0. The number of aryl methyl sites for hydroxylation is 1. The molecule has 1 fully saturated rings. The van der Waals surface area contributed by atoms with Crippen LogP contribution in [0.3, 0.4) is 0 Å². The van der Waals surface area contributed by atoms with Crippen molar-refractivity contribution < 1.29 is 18.1 Å². The van der Waals surface area contributed by atoms with Crippen LogP contribution in [0.1, 0.15) is 42.9 Å². The molecule has 0 aliphatic carbocycles. The van der Waals surface area contributed by atoms with Gasteiger partial charge in [-0.3, -0.25) is 4.79 Å². The molecule has 0 spiro atoms. The molecule has 2 aromatic rings. The molecular formula is C23H30N3O3S+. The van der Waals surface area contributed by atoms with Crippen LogP contribution in [0.2, 0.25) is 0 Å². The molecule has 7 heteroatoms. The van der Waals surface area contributed by atoms with E-state index in [1.54, 1.807) is 22.5 Å². The third kappa shape index (κ3) is 4.43. The monoisotopic (exact) mass is 428 g/mol. The predicted molar refractivity (Wildman–Crippen MR) is 117 cm³/mol. The number of nitrogens with zero attached hydrogens (tertiary/aromatic N) is 1. The first-order valence-electron chi connectivity index (χ1n) is 10.7. The highest BCUT2D eigenvalue weighted by molar-refractivity contribution is 7.89. The summed E-state index contributed by atoms with van der Waals surface area (Å²) in [6, 6.07) is 13.8. The van der Waals surface area contributed by atoms with Gasteiger partial charge in [0.1, 0.15) is 6.54 Å². The minimum atomic E-state index is -3.51. The molecule has 2 aromatic carbocycles. The fraction of sp³-hybridized carbons (Fsp3) is 0.435. The molecule has 0 unspecified atom stereocenters. The number of anilines is 1. The molecule has 1 saturated heterocycles. The molecule has 0 aromatic heterocycles. The van der Waals surface area contributed by atoms with Crippen molar-refractivity contribution >= 4 is 21.6 Å². The van der Waals surface area contributed by atoms with Crippen molar-refractivity contribution in [1.29, 1.82) is 0 Å². The van der Waals surface area contributed by atoms with E-state index in [0.29, 0.717) is 36.7 Å². The Hall–Kier alpha value is -2.22. The summed E-state index contributed by atoms with van der Waals surface area (Å²) in [6.07, 6.45) is 0.981. The lowest BCUT2D eigenvalue weighted by molar-refractivity contribution is -0.917. The van der Waals surface area contributed by atoms with Crippen LogP contribution < -0.4 is 10.2 Å². The van der Waals surface area contributed by atoms with Crippen molar-refractivity contribution in [3.8, 4) is 0 Å². The molecule has 0 bridgehead atoms. The number of nitrogens with one attached hydrogen (secondary N) is 2. The number of piperazine rings is 1. The van der Waals surface area contributed by atoms with Gasteiger partial charge in [-0.2, -0.15) is 4.31 Å². The van der Waals surface area contributed by atoms with Crippen molar-refractivity contribution in [2.75, 3.05) is 31.5 Å². The first kappa shape index (κ1) is 21.0. The molecule has 30 heavy (non-hydrogen) atoms. The maximum absolute atomic E-state index is 13.1. The molecule has 2 N–H and O–H groups in total. The van der Waals surface area contributed by atoms with Gasteiger partial charge in [0.05, 0.1) is 31.1 Å². The molecule has 6 nitrogen and oxygen atoms in total. The van der Waals surface area contributed by atoms with E-state index in [9.17, 15) is 13.2 Å². The largest absolute Gasteiger partial charge is 0.329 e. The molecule has 2 heterocycles. The van der Waals surface area contributed by atoms with E-state index in [-0.39, 0.29) is 5.91 Å². The number of carbonyl (C=O) groups is 1. The van der Waals surface area contributed by atoms with Gasteiger partial charge in [0.25, 0.3) is 0 Å². The van der Waals surface area contributed by atoms with Crippen LogP contribution in [0.15, 0.2) is 47.4 Å². The third-order valence-corrected chi connectivity index (χ3v) is 8.03. The Morgan fingerprint density at radius 3 is 2.40 bits per heavy atom. The number of carbonyl (C=O) groups excluding carboxylic acids is 1. The Bertz CT molecular complexity index is 1020. The lowest BCUT2D eigenvalue weighted by Crippen LogP contribution is -3.13. The summed E-state index contributed by atoms with van der Waals surface area (Å²) in [6.45, 7) is 7.95. The van der Waals surface area contributed by atoms with Gasteiger partial charge < -0.3 is 10.2 Å². The van der Waals surface area contributed by atoms with E-state index in [1.807, 2.05) is 0 Å². The Kier molecular flexibility index (Phi) is 5.95. The molecular weight excluding hydrogens is 398 g/mol. The van der Waals surface area contributed by atoms with Crippen LogP contribution in [0.4, 0.5) is 5.69 Å². The minimum Gasteiger partial charge on any atom is -0.329 e. The minimum absolute atomic E-state index is 0.0175. The fourth-order valence-corrected chi connectivity index (χ4v) is 5.69. The zero-order valence-electron chi connectivity index (χ0n) is 17.6. The van der Waals surface area contributed by atoms with Crippen molar-refractivity contribution in [2.24, 2.45) is 0 Å². The molecule has 4 rings (SSSR count). The van der Waals surface area contributed by atoms with Crippen LogP contribution in [0, 0.1) is 0 Å². The van der Waals surface area contributed by atoms with Crippen molar-refractivity contribution in [3.63, 3.8) is 0 Å². The van der Waals surface area contributed by atoms with E-state index in [4.69, 9.17) is 0 Å². The third-order valence-electron chi connectivity index (χ3n) is 6.14. The van der Waals surface area contributed by atoms with E-state index in [1.165, 1.54) is 16.0 Å². The highest BCUT2D eigenvalue weighted by Gasteiger charge is 2.31. The van der Waals surface area contributed by atoms with E-state index >= 15 is 0 Å². The zero-order chi connectivity index (χ0) is 21.3. The zero-order valence-corrected chi connectivity index (χ0v) is 18.5. The number of rotatable bonds is 5. The maximum Gasteiger partial charge on any atom is 0.243 e. The van der Waals surface area contributed by atoms with Crippen LogP contribution >= 0.6 is 0 Å². The number of fused-ring (bicyclic) bond motifs is 1. The highest BCUT2D eigenvalue weighted by Crippen LogP contribution is 2.27. The second kappa shape index (κ2) is 8.49. The molecule has 0 radical (unpaired) electrons. The second-order valence-corrected chi connectivity index (χ2v) is 10.5. The summed E-state index contributed by atoms with van der Waals surface area (Å²) < 4.78 is 27.9. The van der Waals surface area contributed by atoms with E-state index in [0.717, 1.165) is 30.9 Å².